The Hall–Kier alpha value is -12.9. The smallest absolute Gasteiger partial charge is 0.341 e. The fraction of sp³-hybridized carbons (Fsp3) is 0.0649. The van der Waals surface area contributed by atoms with Crippen molar-refractivity contribution in [3.63, 3.8) is 0 Å². The van der Waals surface area contributed by atoms with Crippen molar-refractivity contribution in [2.45, 2.75) is 13.8 Å². The number of carbonyl (C=O) groups excluding carboxylic acids is 3. The van der Waals surface area contributed by atoms with Gasteiger partial charge in [-0.15, -0.1) is 0 Å². The van der Waals surface area contributed by atoms with E-state index >= 15 is 0 Å². The predicted molar refractivity (Wildman–Crippen MR) is 373 cm³/mol. The Morgan fingerprint density at radius 3 is 1.14 bits per heavy atom. The Morgan fingerprint density at radius 1 is 0.372 bits per heavy atom. The summed E-state index contributed by atoms with van der Waals surface area (Å²) < 4.78 is 15.3. The van der Waals surface area contributed by atoms with Crippen LogP contribution in [0.15, 0.2) is 267 Å². The maximum atomic E-state index is 12.0. The minimum Gasteiger partial charge on any atom is -0.496 e. The molecule has 17 nitrogen and oxygen atoms in total. The molecule has 0 aliphatic carbocycles. The molecule has 0 saturated carbocycles. The number of esters is 1. The summed E-state index contributed by atoms with van der Waals surface area (Å²) in [6, 6.07) is 78.9. The van der Waals surface area contributed by atoms with E-state index in [1.54, 1.807) is 67.3 Å². The van der Waals surface area contributed by atoms with Crippen molar-refractivity contribution in [2.75, 3.05) is 42.6 Å². The molecule has 94 heavy (non-hydrogen) atoms. The molecule has 0 aliphatic heterocycles. The molecule has 12 aromatic rings. The average molecular weight is 1240 g/mol. The van der Waals surface area contributed by atoms with Gasteiger partial charge in [0.2, 0.25) is 5.91 Å². The van der Waals surface area contributed by atoms with Crippen LogP contribution in [0.4, 0.5) is 46.0 Å². The van der Waals surface area contributed by atoms with Crippen LogP contribution in [-0.2, 0) is 4.74 Å². The molecule has 0 spiro atoms. The van der Waals surface area contributed by atoms with Crippen LogP contribution >= 0.6 is 0 Å². The molecule has 17 heteroatoms. The molecular weight excluding hydrogens is 1170 g/mol. The number of hydrogen-bond acceptors (Lipinski definition) is 15. The highest BCUT2D eigenvalue weighted by molar-refractivity contribution is 5.97. The normalized spacial score (nSPS) is 10.2. The molecule has 0 bridgehead atoms. The van der Waals surface area contributed by atoms with Crippen molar-refractivity contribution in [3.05, 3.63) is 301 Å². The molecule has 0 fully saturated rings. The highest BCUT2D eigenvalue weighted by Gasteiger charge is 2.16. The molecule has 8 N–H and O–H groups in total. The van der Waals surface area contributed by atoms with Crippen LogP contribution in [0.5, 0.6) is 11.5 Å². The molecule has 4 heterocycles. The Morgan fingerprint density at radius 2 is 0.745 bits per heavy atom. The van der Waals surface area contributed by atoms with Gasteiger partial charge in [-0.3, -0.25) is 9.59 Å². The van der Waals surface area contributed by atoms with Crippen molar-refractivity contribution in [2.24, 2.45) is 11.5 Å². The van der Waals surface area contributed by atoms with E-state index in [4.69, 9.17) is 30.9 Å². The number of nitrogens with one attached hydrogen (secondary N) is 4. The van der Waals surface area contributed by atoms with E-state index in [0.717, 1.165) is 90.5 Å². The minimum atomic E-state index is -0.522. The maximum Gasteiger partial charge on any atom is 0.341 e. The van der Waals surface area contributed by atoms with Gasteiger partial charge < -0.3 is 46.9 Å². The number of hydrogen-bond donors (Lipinski definition) is 6. The van der Waals surface area contributed by atoms with E-state index in [9.17, 15) is 14.4 Å². The first-order valence-electron chi connectivity index (χ1n) is 29.6. The molecule has 0 atom stereocenters. The monoisotopic (exact) mass is 1240 g/mol. The van der Waals surface area contributed by atoms with Crippen molar-refractivity contribution in [3.8, 4) is 62.1 Å². The van der Waals surface area contributed by atoms with Crippen LogP contribution in [-0.4, -0.2) is 59.0 Å². The second-order valence-electron chi connectivity index (χ2n) is 21.0. The van der Waals surface area contributed by atoms with E-state index in [2.05, 4.69) is 79.3 Å². The number of anilines is 8. The summed E-state index contributed by atoms with van der Waals surface area (Å²) in [6.45, 7) is 4.12. The second-order valence-corrected chi connectivity index (χ2v) is 21.0. The molecule has 2 amide bonds. The SMILES string of the molecule is COC(=O)c1cc(-c2ccnc(Nc3ccccc3)c2)ccc1OC.COc1ccc(-c2ccnc(Nc3cc(C)cc(C)c3)c2)cc1C(N)=O.N#Cc1cccc(-c2ccnc(Nc3ccccc3)c2)c1.NC(=O)c1cccc(-c2ccnc(Nc3ccccc3)c2)c1. The zero-order chi connectivity index (χ0) is 66.2. The first-order chi connectivity index (χ1) is 45.7. The first kappa shape index (κ1) is 65.5. The van der Waals surface area contributed by atoms with Crippen molar-refractivity contribution < 1.29 is 28.6 Å². The van der Waals surface area contributed by atoms with Crippen LogP contribution < -0.4 is 42.2 Å². The van der Waals surface area contributed by atoms with Crippen LogP contribution in [0.25, 0.3) is 44.5 Å². The molecule has 0 radical (unpaired) electrons. The number of benzene rings is 8. The van der Waals surface area contributed by atoms with Gasteiger partial charge in [-0.05, 0) is 215 Å². The Bertz CT molecular complexity index is 4580. The number of ether oxygens (including phenoxy) is 3. The summed E-state index contributed by atoms with van der Waals surface area (Å²) in [5.41, 5.74) is 26.5. The van der Waals surface area contributed by atoms with Gasteiger partial charge in [0.25, 0.3) is 5.91 Å². The summed E-state index contributed by atoms with van der Waals surface area (Å²) in [7, 11) is 4.39. The molecule has 466 valence electrons. The number of amides is 2. The third-order valence-corrected chi connectivity index (χ3v) is 14.2. The number of aryl methyl sites for hydroxylation is 2. The number of pyridine rings is 4. The van der Waals surface area contributed by atoms with Gasteiger partial charge in [0.1, 0.15) is 40.3 Å². The van der Waals surface area contributed by atoms with Gasteiger partial charge >= 0.3 is 5.97 Å². The lowest BCUT2D eigenvalue weighted by Crippen LogP contribution is -2.12. The predicted octanol–water partition coefficient (Wildman–Crippen LogP) is 16.5. The molecule has 0 saturated heterocycles. The fourth-order valence-corrected chi connectivity index (χ4v) is 9.77. The molecule has 12 rings (SSSR count). The second kappa shape index (κ2) is 32.5. The third kappa shape index (κ3) is 18.6. The first-order valence-corrected chi connectivity index (χ1v) is 29.6. The number of para-hydroxylation sites is 3. The van der Waals surface area contributed by atoms with Gasteiger partial charge in [0, 0.05) is 53.1 Å². The Balaban J connectivity index is 0.000000148. The van der Waals surface area contributed by atoms with Crippen molar-refractivity contribution >= 4 is 63.8 Å². The molecule has 0 aliphatic rings. The number of aromatic nitrogens is 4. The summed E-state index contributed by atoms with van der Waals surface area (Å²) in [5.74, 6) is 2.52. The number of rotatable bonds is 17. The number of nitrogens with two attached hydrogens (primary N) is 2. The topological polar surface area (TPSA) is 254 Å². The summed E-state index contributed by atoms with van der Waals surface area (Å²) in [6.07, 6.45) is 6.95. The molecule has 4 aromatic heterocycles. The van der Waals surface area contributed by atoms with Crippen LogP contribution in [0.1, 0.15) is 47.8 Å². The van der Waals surface area contributed by atoms with Gasteiger partial charge in [0.05, 0.1) is 38.5 Å². The fourth-order valence-electron chi connectivity index (χ4n) is 9.77. The van der Waals surface area contributed by atoms with Crippen LogP contribution in [0.2, 0.25) is 0 Å². The third-order valence-electron chi connectivity index (χ3n) is 14.2. The van der Waals surface area contributed by atoms with E-state index in [0.29, 0.717) is 33.8 Å². The molecule has 0 unspecified atom stereocenters. The average Bonchev–Trinajstić information content (AvgIpc) is 0.957. The van der Waals surface area contributed by atoms with Crippen molar-refractivity contribution in [1.29, 1.82) is 5.26 Å². The summed E-state index contributed by atoms with van der Waals surface area (Å²) in [5, 5.41) is 22.1. The van der Waals surface area contributed by atoms with Crippen LogP contribution in [0, 0.1) is 25.2 Å². The van der Waals surface area contributed by atoms with E-state index in [-0.39, 0.29) is 0 Å². The van der Waals surface area contributed by atoms with Gasteiger partial charge in [-0.2, -0.15) is 5.26 Å². The van der Waals surface area contributed by atoms with E-state index < -0.39 is 17.8 Å². The number of carbonyl (C=O) groups is 3. The Labute approximate surface area is 545 Å². The highest BCUT2D eigenvalue weighted by atomic mass is 16.5. The molecular formula is C77H67N11O6. The Kier molecular flexibility index (Phi) is 22.7. The zero-order valence-corrected chi connectivity index (χ0v) is 52.2. The van der Waals surface area contributed by atoms with Gasteiger partial charge in [-0.25, -0.2) is 24.7 Å². The number of nitriles is 1. The lowest BCUT2D eigenvalue weighted by Gasteiger charge is -2.11. The lowest BCUT2D eigenvalue weighted by atomic mass is 10.0. The largest absolute Gasteiger partial charge is 0.496 e. The van der Waals surface area contributed by atoms with E-state index in [1.165, 1.54) is 32.5 Å². The number of nitrogens with zero attached hydrogens (tertiary/aromatic N) is 5. The summed E-state index contributed by atoms with van der Waals surface area (Å²) >= 11 is 0. The zero-order valence-electron chi connectivity index (χ0n) is 52.2. The van der Waals surface area contributed by atoms with Gasteiger partial charge in [-0.1, -0.05) is 97.1 Å². The van der Waals surface area contributed by atoms with Crippen LogP contribution in [0.3, 0.4) is 0 Å². The number of primary amides is 2. The minimum absolute atomic E-state index is 0.352. The maximum absolute atomic E-state index is 12.0. The summed E-state index contributed by atoms with van der Waals surface area (Å²) in [4.78, 5) is 52.3. The molecule has 8 aromatic carbocycles. The van der Waals surface area contributed by atoms with Crippen molar-refractivity contribution in [1.82, 2.24) is 19.9 Å². The number of methoxy groups -OCH3 is 3. The van der Waals surface area contributed by atoms with E-state index in [1.807, 2.05) is 182 Å². The lowest BCUT2D eigenvalue weighted by molar-refractivity contribution is 0.0596. The highest BCUT2D eigenvalue weighted by Crippen LogP contribution is 2.32. The quantitative estimate of drug-likeness (QED) is 0.0464. The van der Waals surface area contributed by atoms with Gasteiger partial charge in [0.15, 0.2) is 0 Å². The standard InChI is InChI=1S/C21H21N3O2.C20H18N2O3.C18H15N3O.C18H13N3/c1-13-8-14(2)10-17(9-13)24-20-12-16(6-7-23-20)15-4-5-19(26-3)18(11-15)21(22)25;1-24-18-9-8-14(12-17(18)20(23)25-2)15-10-11-21-19(13-15)22-16-6-4-3-5-7-16;19-18(22)15-6-4-5-13(11-15)14-9-10-20-17(12-14)21-16-7-2-1-3-8-16;19-13-14-5-4-6-15(11-14)16-9-10-20-18(12-16)21-17-7-2-1-3-8-17/h4-12H,1-3H3,(H2,22,25)(H,23,24);3-13H,1-2H3,(H,21,22);1-12H,(H2,19,22)(H,20,21);1-12H,(H,20,21).